The van der Waals surface area contributed by atoms with Crippen LogP contribution in [0.5, 0.6) is 0 Å². The molecule has 2 unspecified atom stereocenters. The van der Waals surface area contributed by atoms with Gasteiger partial charge in [0, 0.05) is 6.61 Å². The predicted octanol–water partition coefficient (Wildman–Crippen LogP) is 1.25. The van der Waals surface area contributed by atoms with Gasteiger partial charge in [0.1, 0.15) is 0 Å². The van der Waals surface area contributed by atoms with Gasteiger partial charge in [-0.2, -0.15) is 0 Å². The Morgan fingerprint density at radius 3 is 2.67 bits per heavy atom. The summed E-state index contributed by atoms with van der Waals surface area (Å²) in [5, 5.41) is 12.3. The molecule has 0 radical (unpaired) electrons. The van der Waals surface area contributed by atoms with E-state index in [9.17, 15) is 0 Å². The standard InChI is InChI=1S/C10H21NO/c1-8(2)10(4-6-12)9-3-5-11-7-9/h8-12H,3-7H2,1-2H3. The number of aliphatic hydroxyl groups is 1. The van der Waals surface area contributed by atoms with Crippen LogP contribution in [-0.4, -0.2) is 24.8 Å². The largest absolute Gasteiger partial charge is 0.396 e. The van der Waals surface area contributed by atoms with Crippen molar-refractivity contribution in [1.82, 2.24) is 5.32 Å². The molecule has 2 atom stereocenters. The molecule has 0 amide bonds. The smallest absolute Gasteiger partial charge is 0.0433 e. The van der Waals surface area contributed by atoms with Gasteiger partial charge in [-0.25, -0.2) is 0 Å². The van der Waals surface area contributed by atoms with Crippen molar-refractivity contribution in [1.29, 1.82) is 0 Å². The second kappa shape index (κ2) is 4.83. The van der Waals surface area contributed by atoms with E-state index in [1.165, 1.54) is 13.0 Å². The molecule has 0 saturated carbocycles. The SMILES string of the molecule is CC(C)C(CCO)C1CCNC1. The number of nitrogens with one attached hydrogen (secondary N) is 1. The summed E-state index contributed by atoms with van der Waals surface area (Å²) < 4.78 is 0. The second-order valence-corrected chi connectivity index (χ2v) is 4.17. The molecule has 1 heterocycles. The predicted molar refractivity (Wildman–Crippen MR) is 51.0 cm³/mol. The first-order valence-electron chi connectivity index (χ1n) is 5.07. The summed E-state index contributed by atoms with van der Waals surface area (Å²) in [5.74, 6) is 2.23. The van der Waals surface area contributed by atoms with Crippen LogP contribution in [-0.2, 0) is 0 Å². The number of rotatable bonds is 4. The Morgan fingerprint density at radius 2 is 2.25 bits per heavy atom. The van der Waals surface area contributed by atoms with Gasteiger partial charge in [-0.05, 0) is 43.7 Å². The van der Waals surface area contributed by atoms with Crippen LogP contribution in [0.25, 0.3) is 0 Å². The molecule has 1 rings (SSSR count). The van der Waals surface area contributed by atoms with Crippen LogP contribution in [0.1, 0.15) is 26.7 Å². The van der Waals surface area contributed by atoms with Gasteiger partial charge in [0.05, 0.1) is 0 Å². The quantitative estimate of drug-likeness (QED) is 0.667. The first-order valence-corrected chi connectivity index (χ1v) is 5.07. The third kappa shape index (κ3) is 2.46. The van der Waals surface area contributed by atoms with Crippen LogP contribution in [0.3, 0.4) is 0 Å². The highest BCUT2D eigenvalue weighted by Crippen LogP contribution is 2.28. The Morgan fingerprint density at radius 1 is 1.50 bits per heavy atom. The van der Waals surface area contributed by atoms with Gasteiger partial charge in [-0.3, -0.25) is 0 Å². The average Bonchev–Trinajstić information content (AvgIpc) is 2.51. The summed E-state index contributed by atoms with van der Waals surface area (Å²) >= 11 is 0. The van der Waals surface area contributed by atoms with Gasteiger partial charge in [0.25, 0.3) is 0 Å². The Hall–Kier alpha value is -0.0800. The molecule has 1 saturated heterocycles. The lowest BCUT2D eigenvalue weighted by Crippen LogP contribution is -2.23. The highest BCUT2D eigenvalue weighted by molar-refractivity contribution is 4.79. The molecular weight excluding hydrogens is 150 g/mol. The highest BCUT2D eigenvalue weighted by Gasteiger charge is 2.26. The van der Waals surface area contributed by atoms with Gasteiger partial charge < -0.3 is 10.4 Å². The fourth-order valence-corrected chi connectivity index (χ4v) is 2.30. The molecule has 72 valence electrons. The van der Waals surface area contributed by atoms with E-state index in [4.69, 9.17) is 5.11 Å². The molecule has 1 fully saturated rings. The van der Waals surface area contributed by atoms with Gasteiger partial charge in [-0.15, -0.1) is 0 Å². The molecule has 0 aliphatic carbocycles. The first-order chi connectivity index (χ1) is 5.75. The van der Waals surface area contributed by atoms with Crippen molar-refractivity contribution in [3.05, 3.63) is 0 Å². The van der Waals surface area contributed by atoms with Crippen LogP contribution >= 0.6 is 0 Å². The maximum Gasteiger partial charge on any atom is 0.0433 e. The average molecular weight is 171 g/mol. The lowest BCUT2D eigenvalue weighted by Gasteiger charge is -2.25. The van der Waals surface area contributed by atoms with Crippen molar-refractivity contribution in [3.63, 3.8) is 0 Å². The number of hydrogen-bond donors (Lipinski definition) is 2. The fraction of sp³-hybridized carbons (Fsp3) is 1.00. The minimum absolute atomic E-state index is 0.347. The monoisotopic (exact) mass is 171 g/mol. The Labute approximate surface area is 75.4 Å². The molecule has 0 aromatic carbocycles. The van der Waals surface area contributed by atoms with Crippen molar-refractivity contribution in [2.75, 3.05) is 19.7 Å². The van der Waals surface area contributed by atoms with Gasteiger partial charge in [0.2, 0.25) is 0 Å². The van der Waals surface area contributed by atoms with Crippen molar-refractivity contribution in [2.24, 2.45) is 17.8 Å². The maximum atomic E-state index is 8.93. The van der Waals surface area contributed by atoms with Crippen molar-refractivity contribution < 1.29 is 5.11 Å². The van der Waals surface area contributed by atoms with Crippen molar-refractivity contribution in [2.45, 2.75) is 26.7 Å². The maximum absolute atomic E-state index is 8.93. The zero-order valence-electron chi connectivity index (χ0n) is 8.21. The van der Waals surface area contributed by atoms with Gasteiger partial charge in [-0.1, -0.05) is 13.8 Å². The minimum atomic E-state index is 0.347. The van der Waals surface area contributed by atoms with Crippen LogP contribution < -0.4 is 5.32 Å². The van der Waals surface area contributed by atoms with E-state index in [0.29, 0.717) is 18.4 Å². The van der Waals surface area contributed by atoms with E-state index in [1.54, 1.807) is 0 Å². The summed E-state index contributed by atoms with van der Waals surface area (Å²) in [6, 6.07) is 0. The second-order valence-electron chi connectivity index (χ2n) is 4.17. The van der Waals surface area contributed by atoms with E-state index in [0.717, 1.165) is 18.9 Å². The molecule has 0 aromatic rings. The lowest BCUT2D eigenvalue weighted by molar-refractivity contribution is 0.187. The molecular formula is C10H21NO. The van der Waals surface area contributed by atoms with E-state index in [2.05, 4.69) is 19.2 Å². The third-order valence-electron chi connectivity index (χ3n) is 3.02. The molecule has 2 nitrogen and oxygen atoms in total. The normalized spacial score (nSPS) is 26.5. The first kappa shape index (κ1) is 10.0. The summed E-state index contributed by atoms with van der Waals surface area (Å²) in [6.07, 6.45) is 2.27. The number of hydrogen-bond acceptors (Lipinski definition) is 2. The molecule has 2 heteroatoms. The summed E-state index contributed by atoms with van der Waals surface area (Å²) in [5.41, 5.74) is 0. The van der Waals surface area contributed by atoms with Crippen LogP contribution in [0, 0.1) is 17.8 Å². The van der Waals surface area contributed by atoms with Crippen LogP contribution in [0.4, 0.5) is 0 Å². The highest BCUT2D eigenvalue weighted by atomic mass is 16.3. The van der Waals surface area contributed by atoms with Crippen molar-refractivity contribution >= 4 is 0 Å². The molecule has 0 spiro atoms. The van der Waals surface area contributed by atoms with E-state index < -0.39 is 0 Å². The lowest BCUT2D eigenvalue weighted by atomic mass is 9.81. The van der Waals surface area contributed by atoms with Crippen LogP contribution in [0.15, 0.2) is 0 Å². The molecule has 0 bridgehead atoms. The minimum Gasteiger partial charge on any atom is -0.396 e. The molecule has 0 aromatic heterocycles. The Bertz CT molecular complexity index is 119. The number of aliphatic hydroxyl groups excluding tert-OH is 1. The topological polar surface area (TPSA) is 32.3 Å². The third-order valence-corrected chi connectivity index (χ3v) is 3.02. The molecule has 12 heavy (non-hydrogen) atoms. The fourth-order valence-electron chi connectivity index (χ4n) is 2.30. The van der Waals surface area contributed by atoms with Crippen LogP contribution in [0.2, 0.25) is 0 Å². The summed E-state index contributed by atoms with van der Waals surface area (Å²) in [7, 11) is 0. The van der Waals surface area contributed by atoms with E-state index in [1.807, 2.05) is 0 Å². The van der Waals surface area contributed by atoms with Gasteiger partial charge >= 0.3 is 0 Å². The summed E-state index contributed by atoms with van der Waals surface area (Å²) in [6.45, 7) is 7.19. The Kier molecular flexibility index (Phi) is 4.02. The Balaban J connectivity index is 2.40. The molecule has 1 aliphatic heterocycles. The summed E-state index contributed by atoms with van der Waals surface area (Å²) in [4.78, 5) is 0. The molecule has 2 N–H and O–H groups in total. The zero-order valence-corrected chi connectivity index (χ0v) is 8.21. The molecule has 1 aliphatic rings. The zero-order chi connectivity index (χ0) is 8.97. The van der Waals surface area contributed by atoms with Gasteiger partial charge in [0.15, 0.2) is 0 Å². The van der Waals surface area contributed by atoms with Crippen molar-refractivity contribution in [3.8, 4) is 0 Å². The van der Waals surface area contributed by atoms with E-state index in [-0.39, 0.29) is 0 Å². The van der Waals surface area contributed by atoms with E-state index >= 15 is 0 Å².